The molecular weight excluding hydrogens is 430 g/mol. The van der Waals surface area contributed by atoms with E-state index in [4.69, 9.17) is 0 Å². The third kappa shape index (κ3) is 2.89. The second-order valence-electron chi connectivity index (χ2n) is 7.80. The molecule has 1 aromatic heterocycles. The lowest BCUT2D eigenvalue weighted by Gasteiger charge is -2.47. The standard InChI is InChI=1S/C23H22BrN3O2/c1-2-10-26-13-20(28)27-19(23(26)29)12-17-16-8-3-4-9-18(16)25-21(17)22(27)14-6-5-7-15(24)11-14/h3-9,11,19,22,25H,2,10,12-13H2,1H3/t19-,22-/m0/s1. The molecule has 0 radical (unpaired) electrons. The molecule has 1 N–H and O–H groups in total. The maximum atomic E-state index is 13.3. The van der Waals surface area contributed by atoms with Gasteiger partial charge in [-0.25, -0.2) is 0 Å². The largest absolute Gasteiger partial charge is 0.356 e. The molecule has 0 unspecified atom stereocenters. The Morgan fingerprint density at radius 1 is 1.14 bits per heavy atom. The zero-order valence-corrected chi connectivity index (χ0v) is 17.8. The fourth-order valence-corrected chi connectivity index (χ4v) is 5.22. The van der Waals surface area contributed by atoms with Crippen LogP contribution in [0.15, 0.2) is 53.0 Å². The number of carbonyl (C=O) groups excluding carboxylic acids is 2. The van der Waals surface area contributed by atoms with Crippen LogP contribution in [0.2, 0.25) is 0 Å². The zero-order valence-electron chi connectivity index (χ0n) is 16.2. The lowest BCUT2D eigenvalue weighted by atomic mass is 9.86. The van der Waals surface area contributed by atoms with Crippen molar-refractivity contribution in [3.63, 3.8) is 0 Å². The van der Waals surface area contributed by atoms with Gasteiger partial charge in [0, 0.05) is 34.0 Å². The van der Waals surface area contributed by atoms with Gasteiger partial charge in [0.2, 0.25) is 11.8 Å². The number of fused-ring (bicyclic) bond motifs is 4. The minimum Gasteiger partial charge on any atom is -0.356 e. The maximum absolute atomic E-state index is 13.3. The maximum Gasteiger partial charge on any atom is 0.246 e. The topological polar surface area (TPSA) is 56.4 Å². The molecule has 0 bridgehead atoms. The average molecular weight is 452 g/mol. The average Bonchev–Trinajstić information content (AvgIpc) is 3.09. The normalized spacial score (nSPS) is 21.4. The molecule has 6 heteroatoms. The Balaban J connectivity index is 1.72. The van der Waals surface area contributed by atoms with E-state index in [0.717, 1.165) is 38.6 Å². The first-order valence-corrected chi connectivity index (χ1v) is 10.8. The van der Waals surface area contributed by atoms with Crippen molar-refractivity contribution in [1.82, 2.24) is 14.8 Å². The molecule has 1 saturated heterocycles. The van der Waals surface area contributed by atoms with E-state index in [0.29, 0.717) is 13.0 Å². The van der Waals surface area contributed by atoms with E-state index in [2.05, 4.69) is 33.0 Å². The summed E-state index contributed by atoms with van der Waals surface area (Å²) in [5.41, 5.74) is 4.21. The van der Waals surface area contributed by atoms with E-state index in [-0.39, 0.29) is 24.4 Å². The summed E-state index contributed by atoms with van der Waals surface area (Å²) < 4.78 is 0.957. The van der Waals surface area contributed by atoms with Gasteiger partial charge in [-0.1, -0.05) is 53.2 Å². The van der Waals surface area contributed by atoms with Crippen molar-refractivity contribution in [1.29, 1.82) is 0 Å². The van der Waals surface area contributed by atoms with Gasteiger partial charge >= 0.3 is 0 Å². The Kier molecular flexibility index (Phi) is 4.46. The van der Waals surface area contributed by atoms with Gasteiger partial charge in [0.25, 0.3) is 0 Å². The highest BCUT2D eigenvalue weighted by atomic mass is 79.9. The number of rotatable bonds is 3. The van der Waals surface area contributed by atoms with Crippen LogP contribution in [0.4, 0.5) is 0 Å². The van der Waals surface area contributed by atoms with E-state index in [1.807, 2.05) is 48.2 Å². The minimum atomic E-state index is -0.460. The van der Waals surface area contributed by atoms with Gasteiger partial charge in [0.1, 0.15) is 6.04 Å². The second-order valence-corrected chi connectivity index (χ2v) is 8.72. The van der Waals surface area contributed by atoms with Gasteiger partial charge in [-0.3, -0.25) is 9.59 Å². The summed E-state index contributed by atoms with van der Waals surface area (Å²) in [6, 6.07) is 15.4. The third-order valence-electron chi connectivity index (χ3n) is 6.00. The van der Waals surface area contributed by atoms with E-state index in [9.17, 15) is 9.59 Å². The molecule has 0 spiro atoms. The number of H-pyrrole nitrogens is 1. The predicted molar refractivity (Wildman–Crippen MR) is 115 cm³/mol. The Labute approximate surface area is 177 Å². The molecule has 29 heavy (non-hydrogen) atoms. The number of nitrogens with zero attached hydrogens (tertiary/aromatic N) is 2. The molecule has 2 aliphatic rings. The zero-order chi connectivity index (χ0) is 20.1. The molecule has 0 saturated carbocycles. The number of amides is 2. The highest BCUT2D eigenvalue weighted by molar-refractivity contribution is 9.10. The number of hydrogen-bond acceptors (Lipinski definition) is 2. The summed E-state index contributed by atoms with van der Waals surface area (Å²) >= 11 is 3.56. The van der Waals surface area contributed by atoms with Gasteiger partial charge in [-0.2, -0.15) is 0 Å². The first-order chi connectivity index (χ1) is 14.1. The van der Waals surface area contributed by atoms with Crippen LogP contribution in [-0.4, -0.2) is 45.7 Å². The Bertz CT molecular complexity index is 1120. The number of carbonyl (C=O) groups is 2. The molecule has 2 aromatic carbocycles. The van der Waals surface area contributed by atoms with Crippen LogP contribution in [0.1, 0.15) is 36.2 Å². The van der Waals surface area contributed by atoms with Crippen molar-refractivity contribution in [2.24, 2.45) is 0 Å². The van der Waals surface area contributed by atoms with Crippen molar-refractivity contribution >= 4 is 38.6 Å². The second kappa shape index (κ2) is 7.02. The van der Waals surface area contributed by atoms with E-state index < -0.39 is 6.04 Å². The molecule has 3 heterocycles. The monoisotopic (exact) mass is 451 g/mol. The summed E-state index contributed by atoms with van der Waals surface area (Å²) in [5.74, 6) is 0.0692. The fraction of sp³-hybridized carbons (Fsp3) is 0.304. The van der Waals surface area contributed by atoms with Crippen molar-refractivity contribution < 1.29 is 9.59 Å². The lowest BCUT2D eigenvalue weighted by molar-refractivity contribution is -0.158. The van der Waals surface area contributed by atoms with Gasteiger partial charge in [0.15, 0.2) is 0 Å². The molecule has 2 amide bonds. The highest BCUT2D eigenvalue weighted by Gasteiger charge is 2.47. The van der Waals surface area contributed by atoms with Crippen molar-refractivity contribution in [3.05, 3.63) is 69.8 Å². The molecule has 5 rings (SSSR count). The van der Waals surface area contributed by atoms with Gasteiger partial charge in [0.05, 0.1) is 12.6 Å². The molecule has 0 aliphatic carbocycles. The smallest absolute Gasteiger partial charge is 0.246 e. The van der Waals surface area contributed by atoms with Crippen LogP contribution in [-0.2, 0) is 16.0 Å². The number of aromatic amines is 1. The van der Waals surface area contributed by atoms with Crippen LogP contribution in [0, 0.1) is 0 Å². The van der Waals surface area contributed by atoms with Gasteiger partial charge in [-0.05, 0) is 35.7 Å². The van der Waals surface area contributed by atoms with Crippen molar-refractivity contribution in [2.75, 3.05) is 13.1 Å². The first-order valence-electron chi connectivity index (χ1n) is 10.0. The quantitative estimate of drug-likeness (QED) is 0.653. The minimum absolute atomic E-state index is 0.0114. The third-order valence-corrected chi connectivity index (χ3v) is 6.49. The predicted octanol–water partition coefficient (Wildman–Crippen LogP) is 4.03. The van der Waals surface area contributed by atoms with Crippen LogP contribution in [0.3, 0.4) is 0 Å². The number of benzene rings is 2. The molecule has 148 valence electrons. The summed E-state index contributed by atoms with van der Waals surface area (Å²) in [5, 5.41) is 1.13. The van der Waals surface area contributed by atoms with E-state index in [1.165, 1.54) is 0 Å². The summed E-state index contributed by atoms with van der Waals surface area (Å²) in [4.78, 5) is 33.7. The van der Waals surface area contributed by atoms with Crippen LogP contribution >= 0.6 is 15.9 Å². The van der Waals surface area contributed by atoms with E-state index in [1.54, 1.807) is 4.90 Å². The lowest BCUT2D eigenvalue weighted by Crippen LogP contribution is -2.63. The van der Waals surface area contributed by atoms with Gasteiger partial charge in [-0.15, -0.1) is 0 Å². The van der Waals surface area contributed by atoms with Crippen LogP contribution in [0.25, 0.3) is 10.9 Å². The number of hydrogen-bond donors (Lipinski definition) is 1. The summed E-state index contributed by atoms with van der Waals surface area (Å²) in [7, 11) is 0. The Morgan fingerprint density at radius 3 is 2.76 bits per heavy atom. The van der Waals surface area contributed by atoms with Crippen molar-refractivity contribution in [3.8, 4) is 0 Å². The van der Waals surface area contributed by atoms with Gasteiger partial charge < -0.3 is 14.8 Å². The number of halogens is 1. The molecule has 2 aliphatic heterocycles. The van der Waals surface area contributed by atoms with Crippen molar-refractivity contribution in [2.45, 2.75) is 31.8 Å². The first kappa shape index (κ1) is 18.4. The molecule has 5 nitrogen and oxygen atoms in total. The number of para-hydroxylation sites is 1. The molecule has 2 atom stereocenters. The Morgan fingerprint density at radius 2 is 1.97 bits per heavy atom. The summed E-state index contributed by atoms with van der Waals surface area (Å²) in [6.45, 7) is 2.81. The summed E-state index contributed by atoms with van der Waals surface area (Å²) in [6.07, 6.45) is 1.40. The highest BCUT2D eigenvalue weighted by Crippen LogP contribution is 2.42. The molecule has 1 fully saturated rings. The number of piperazine rings is 1. The SMILES string of the molecule is CCCN1CC(=O)N2[C@@H](c3cccc(Br)c3)c3[nH]c4ccccc4c3C[C@H]2C1=O. The van der Waals surface area contributed by atoms with Crippen LogP contribution < -0.4 is 0 Å². The fourth-order valence-electron chi connectivity index (χ4n) is 4.81. The molecular formula is C23H22BrN3O2. The molecule has 3 aromatic rings. The van der Waals surface area contributed by atoms with Crippen LogP contribution in [0.5, 0.6) is 0 Å². The number of nitrogens with one attached hydrogen (secondary N) is 1. The number of aromatic nitrogens is 1. The van der Waals surface area contributed by atoms with E-state index >= 15 is 0 Å². The Hall–Kier alpha value is -2.60.